The Balaban J connectivity index is 1.77. The summed E-state index contributed by atoms with van der Waals surface area (Å²) in [6, 6.07) is 4.68. The van der Waals surface area contributed by atoms with Crippen LogP contribution in [0.3, 0.4) is 0 Å². The summed E-state index contributed by atoms with van der Waals surface area (Å²) in [6.07, 6.45) is 6.50. The molecular weight excluding hydrogens is 519 g/mol. The average molecular weight is 542 g/mol. The number of carbonyl (C=O) groups excluding carboxylic acids is 1. The molecule has 5 unspecified atom stereocenters. The summed E-state index contributed by atoms with van der Waals surface area (Å²) in [5.41, 5.74) is -5.20. The Hall–Kier alpha value is -2.70. The van der Waals surface area contributed by atoms with E-state index in [0.29, 0.717) is 18.4 Å². The van der Waals surface area contributed by atoms with E-state index in [1.54, 1.807) is 35.3 Å². The van der Waals surface area contributed by atoms with E-state index in [2.05, 4.69) is 10.8 Å². The number of Topliss-reactive ketones (excluding diaryl/α,β-unsaturated/α-hetero) is 1. The van der Waals surface area contributed by atoms with Crippen LogP contribution in [0.25, 0.3) is 0 Å². The zero-order chi connectivity index (χ0) is 26.1. The fourth-order valence-corrected chi connectivity index (χ4v) is 8.64. The number of rotatable bonds is 4. The van der Waals surface area contributed by atoms with Gasteiger partial charge in [0.2, 0.25) is 0 Å². The minimum atomic E-state index is -5.98. The second kappa shape index (κ2) is 8.15. The molecule has 2 saturated heterocycles. The van der Waals surface area contributed by atoms with Gasteiger partial charge in [0, 0.05) is 18.9 Å². The van der Waals surface area contributed by atoms with Gasteiger partial charge in [-0.2, -0.15) is 21.6 Å². The van der Waals surface area contributed by atoms with Crippen LogP contribution in [-0.4, -0.2) is 55.9 Å². The topological polar surface area (TPSA) is 97.8 Å². The Bertz CT molecular complexity index is 1440. The van der Waals surface area contributed by atoms with E-state index < -0.39 is 66.3 Å². The number of sulfone groups is 1. The molecule has 12 heteroatoms. The number of hydrogen-bond donors (Lipinski definition) is 0. The summed E-state index contributed by atoms with van der Waals surface area (Å²) in [7, 11) is -10.4. The third kappa shape index (κ3) is 3.37. The van der Waals surface area contributed by atoms with Crippen LogP contribution in [0.5, 0.6) is 0 Å². The lowest BCUT2D eigenvalue weighted by atomic mass is 9.76. The quantitative estimate of drug-likeness (QED) is 0.425. The van der Waals surface area contributed by atoms with E-state index in [1.165, 1.54) is 24.3 Å². The molecule has 5 rings (SSSR count). The first-order valence-corrected chi connectivity index (χ1v) is 14.1. The normalized spacial score (nSPS) is 34.0. The molecule has 192 valence electrons. The summed E-state index contributed by atoms with van der Waals surface area (Å²) >= 11 is 0. The molecule has 4 bridgehead atoms. The number of piperidine rings is 1. The molecule has 1 aromatic carbocycles. The molecule has 0 N–H and O–H groups in total. The lowest BCUT2D eigenvalue weighted by molar-refractivity contribution is -0.120. The summed E-state index contributed by atoms with van der Waals surface area (Å²) in [5.74, 6) is -1.08. The predicted molar refractivity (Wildman–Crippen MR) is 124 cm³/mol. The van der Waals surface area contributed by atoms with Crippen molar-refractivity contribution in [1.29, 1.82) is 0 Å². The van der Waals surface area contributed by atoms with Gasteiger partial charge in [0.05, 0.1) is 17.0 Å². The number of nitrogens with zero attached hydrogens (tertiary/aromatic N) is 1. The van der Waals surface area contributed by atoms with Crippen LogP contribution in [0.1, 0.15) is 25.7 Å². The fraction of sp³-hybridized carbons (Fsp3) is 0.375. The predicted octanol–water partition coefficient (Wildman–Crippen LogP) is 3.58. The lowest BCUT2D eigenvalue weighted by Gasteiger charge is -2.48. The van der Waals surface area contributed by atoms with Gasteiger partial charge in [0.1, 0.15) is 5.76 Å². The van der Waals surface area contributed by atoms with Crippen molar-refractivity contribution in [2.45, 2.75) is 59.0 Å². The average Bonchev–Trinajstić information content (AvgIpc) is 3.02. The maximum Gasteiger partial charge on any atom is 0.534 e. The molecule has 5 atom stereocenters. The van der Waals surface area contributed by atoms with Crippen molar-refractivity contribution in [2.24, 2.45) is 0 Å². The molecule has 2 fully saturated rings. The molecule has 0 saturated carbocycles. The zero-order valence-electron chi connectivity index (χ0n) is 18.8. The molecule has 7 nitrogen and oxygen atoms in total. The van der Waals surface area contributed by atoms with Crippen LogP contribution < -0.4 is 0 Å². The molecule has 0 amide bonds. The van der Waals surface area contributed by atoms with Crippen LogP contribution in [0.2, 0.25) is 0 Å². The highest BCUT2D eigenvalue weighted by Crippen LogP contribution is 2.56. The number of fused-ring (bicyclic) bond motifs is 1. The second-order valence-corrected chi connectivity index (χ2v) is 12.9. The molecule has 4 aliphatic rings. The Morgan fingerprint density at radius 2 is 1.78 bits per heavy atom. The Morgan fingerprint density at radius 3 is 2.44 bits per heavy atom. The number of benzene rings is 1. The van der Waals surface area contributed by atoms with E-state index >= 15 is 0 Å². The number of allylic oxidation sites excluding steroid dienone is 3. The van der Waals surface area contributed by atoms with Crippen molar-refractivity contribution in [1.82, 2.24) is 4.90 Å². The number of alkyl halides is 3. The number of halogens is 3. The van der Waals surface area contributed by atoms with Crippen molar-refractivity contribution >= 4 is 25.7 Å². The molecule has 3 aliphatic heterocycles. The van der Waals surface area contributed by atoms with Gasteiger partial charge in [-0.15, -0.1) is 0 Å². The molecule has 0 aromatic heterocycles. The van der Waals surface area contributed by atoms with Crippen molar-refractivity contribution in [3.63, 3.8) is 0 Å². The van der Waals surface area contributed by atoms with Gasteiger partial charge < -0.3 is 4.18 Å². The Morgan fingerprint density at radius 1 is 1.08 bits per heavy atom. The number of carbonyl (C=O) groups is 1. The summed E-state index contributed by atoms with van der Waals surface area (Å²) < 4.78 is 94.0. The van der Waals surface area contributed by atoms with Crippen LogP contribution in [0.4, 0.5) is 13.2 Å². The largest absolute Gasteiger partial charge is 0.534 e. The molecule has 1 aliphatic carbocycles. The first kappa shape index (κ1) is 25.0. The van der Waals surface area contributed by atoms with Gasteiger partial charge in [0.25, 0.3) is 0 Å². The molecule has 0 radical (unpaired) electrons. The van der Waals surface area contributed by atoms with Crippen molar-refractivity contribution in [3.8, 4) is 0 Å². The van der Waals surface area contributed by atoms with E-state index in [-0.39, 0.29) is 16.9 Å². The fourth-order valence-electron chi connectivity index (χ4n) is 5.86. The standard InChI is InChI=1S/C24H22F3NO6S2/c1-15-8-5-6-11-19-22(29)23(35(30,31)16-9-3-2-4-10-16)14-17-18(28(19)21(15)23)12-7-13-20(17)34-36(32,33)24(25,26)27/h2-6,8-11,18-19,21H,1,7,12-14H2/b8-5-,11-6-. The van der Waals surface area contributed by atoms with Crippen LogP contribution in [0, 0.1) is 0 Å². The van der Waals surface area contributed by atoms with Gasteiger partial charge in [-0.1, -0.05) is 49.1 Å². The minimum absolute atomic E-state index is 0.0893. The van der Waals surface area contributed by atoms with Gasteiger partial charge in [0.15, 0.2) is 20.4 Å². The molecule has 1 aromatic rings. The van der Waals surface area contributed by atoms with E-state index in [9.17, 15) is 34.8 Å². The highest BCUT2D eigenvalue weighted by Gasteiger charge is 2.71. The SMILES string of the molecule is C=C1/C=C\C=C/C2C(=O)C3(S(=O)(=O)c4ccccc4)CC4=C(OS(=O)(=O)C(F)(F)F)CCCC4N2C13. The van der Waals surface area contributed by atoms with Crippen LogP contribution in [0.15, 0.2) is 83.0 Å². The first-order chi connectivity index (χ1) is 16.8. The first-order valence-electron chi connectivity index (χ1n) is 11.2. The lowest BCUT2D eigenvalue weighted by Crippen LogP contribution is -2.60. The van der Waals surface area contributed by atoms with Crippen molar-refractivity contribution in [3.05, 3.63) is 78.1 Å². The summed E-state index contributed by atoms with van der Waals surface area (Å²) in [6.45, 7) is 4.04. The van der Waals surface area contributed by atoms with Crippen molar-refractivity contribution in [2.75, 3.05) is 0 Å². The highest BCUT2D eigenvalue weighted by atomic mass is 32.2. The smallest absolute Gasteiger partial charge is 0.381 e. The maximum atomic E-state index is 14.2. The van der Waals surface area contributed by atoms with Gasteiger partial charge in [-0.25, -0.2) is 8.42 Å². The highest BCUT2D eigenvalue weighted by molar-refractivity contribution is 7.93. The van der Waals surface area contributed by atoms with Gasteiger partial charge in [-0.3, -0.25) is 9.69 Å². The Labute approximate surface area is 206 Å². The summed E-state index contributed by atoms with van der Waals surface area (Å²) in [5, 5.41) is 0. The van der Waals surface area contributed by atoms with Crippen LogP contribution >= 0.6 is 0 Å². The third-order valence-corrected chi connectivity index (χ3v) is 10.7. The summed E-state index contributed by atoms with van der Waals surface area (Å²) in [4.78, 5) is 15.6. The monoisotopic (exact) mass is 541 g/mol. The van der Waals surface area contributed by atoms with E-state index in [0.717, 1.165) is 0 Å². The maximum absolute atomic E-state index is 14.2. The zero-order valence-corrected chi connectivity index (χ0v) is 20.4. The minimum Gasteiger partial charge on any atom is -0.381 e. The van der Waals surface area contributed by atoms with E-state index in [1.807, 2.05) is 0 Å². The molecular formula is C24H22F3NO6S2. The number of hydrogen-bond acceptors (Lipinski definition) is 7. The number of ketones is 1. The van der Waals surface area contributed by atoms with Crippen molar-refractivity contribution < 1.29 is 39.0 Å². The Kier molecular flexibility index (Phi) is 5.66. The van der Waals surface area contributed by atoms with Gasteiger partial charge >= 0.3 is 15.6 Å². The van der Waals surface area contributed by atoms with Crippen LogP contribution in [-0.2, 0) is 28.9 Å². The third-order valence-electron chi connectivity index (χ3n) is 7.29. The molecule has 3 heterocycles. The van der Waals surface area contributed by atoms with Gasteiger partial charge in [-0.05, 0) is 36.1 Å². The second-order valence-electron chi connectivity index (χ2n) is 9.20. The van der Waals surface area contributed by atoms with E-state index in [4.69, 9.17) is 0 Å². The molecule has 0 spiro atoms. The molecule has 36 heavy (non-hydrogen) atoms.